The molecule has 1 saturated heterocycles. The maximum atomic E-state index is 12.5. The molecule has 7 heteroatoms. The van der Waals surface area contributed by atoms with E-state index in [1.807, 2.05) is 12.1 Å². The van der Waals surface area contributed by atoms with E-state index in [2.05, 4.69) is 15.5 Å². The Labute approximate surface area is 133 Å². The van der Waals surface area contributed by atoms with E-state index in [9.17, 15) is 4.79 Å². The van der Waals surface area contributed by atoms with Crippen LogP contribution >= 0.6 is 11.6 Å². The second-order valence-electron chi connectivity index (χ2n) is 5.00. The predicted molar refractivity (Wildman–Crippen MR) is 83.4 cm³/mol. The maximum Gasteiger partial charge on any atom is 0.257 e. The monoisotopic (exact) mass is 318 g/mol. The van der Waals surface area contributed by atoms with Crippen LogP contribution in [0, 0.1) is 0 Å². The van der Waals surface area contributed by atoms with E-state index in [0.29, 0.717) is 35.2 Å². The van der Waals surface area contributed by atoms with Gasteiger partial charge in [0.1, 0.15) is 11.6 Å². The molecule has 1 aromatic heterocycles. The number of amides is 1. The van der Waals surface area contributed by atoms with Gasteiger partial charge in [-0.3, -0.25) is 4.79 Å². The molecule has 6 nitrogen and oxygen atoms in total. The van der Waals surface area contributed by atoms with E-state index in [4.69, 9.17) is 16.3 Å². The molecule has 1 fully saturated rings. The van der Waals surface area contributed by atoms with Gasteiger partial charge in [-0.05, 0) is 30.3 Å². The summed E-state index contributed by atoms with van der Waals surface area (Å²) in [5, 5.41) is 11.5. The number of halogens is 1. The zero-order chi connectivity index (χ0) is 15.5. The van der Waals surface area contributed by atoms with E-state index in [0.717, 1.165) is 0 Å². The molecule has 1 amide bonds. The van der Waals surface area contributed by atoms with Crippen LogP contribution in [0.2, 0.25) is 5.02 Å². The summed E-state index contributed by atoms with van der Waals surface area (Å²) in [5.41, 5.74) is 0.480. The zero-order valence-corrected chi connectivity index (χ0v) is 12.7. The third-order valence-corrected chi connectivity index (χ3v) is 3.72. The molecule has 22 heavy (non-hydrogen) atoms. The number of hydrogen-bond acceptors (Lipinski definition) is 5. The number of nitrogens with zero attached hydrogens (tertiary/aromatic N) is 3. The normalized spacial score (nSPS) is 14.4. The van der Waals surface area contributed by atoms with Crippen LogP contribution in [0.5, 0.6) is 5.75 Å². The van der Waals surface area contributed by atoms with Crippen molar-refractivity contribution in [2.45, 2.75) is 6.04 Å². The van der Waals surface area contributed by atoms with Crippen LogP contribution in [0.25, 0.3) is 0 Å². The first-order valence-electron chi connectivity index (χ1n) is 6.84. The van der Waals surface area contributed by atoms with Crippen molar-refractivity contribution < 1.29 is 9.53 Å². The van der Waals surface area contributed by atoms with Gasteiger partial charge < -0.3 is 15.0 Å². The average Bonchev–Trinajstić information content (AvgIpc) is 2.51. The summed E-state index contributed by atoms with van der Waals surface area (Å²) in [5.74, 6) is 1.15. The lowest BCUT2D eigenvalue weighted by Gasteiger charge is -2.39. The number of rotatable bonds is 4. The second kappa shape index (κ2) is 6.19. The number of carbonyl (C=O) groups is 1. The fourth-order valence-electron chi connectivity index (χ4n) is 2.34. The van der Waals surface area contributed by atoms with Gasteiger partial charge in [0.15, 0.2) is 0 Å². The van der Waals surface area contributed by atoms with Gasteiger partial charge in [0, 0.05) is 24.3 Å². The molecule has 3 rings (SSSR count). The van der Waals surface area contributed by atoms with Crippen molar-refractivity contribution in [2.75, 3.05) is 25.5 Å². The summed E-state index contributed by atoms with van der Waals surface area (Å²) in [6.45, 7) is 1.20. The number of likely N-dealkylation sites (tertiary alicyclic amines) is 1. The van der Waals surface area contributed by atoms with Crippen molar-refractivity contribution >= 4 is 23.3 Å². The van der Waals surface area contributed by atoms with Gasteiger partial charge in [-0.25, -0.2) is 0 Å². The topological polar surface area (TPSA) is 67.3 Å². The minimum absolute atomic E-state index is 0.0865. The van der Waals surface area contributed by atoms with Crippen LogP contribution in [0.15, 0.2) is 36.5 Å². The van der Waals surface area contributed by atoms with Crippen molar-refractivity contribution in [1.29, 1.82) is 0 Å². The zero-order valence-electron chi connectivity index (χ0n) is 12.0. The highest BCUT2D eigenvalue weighted by atomic mass is 35.5. The van der Waals surface area contributed by atoms with Gasteiger partial charge in [-0.15, -0.1) is 5.10 Å². The lowest BCUT2D eigenvalue weighted by atomic mass is 10.1. The summed E-state index contributed by atoms with van der Waals surface area (Å²) in [6, 6.07) is 8.86. The molecular formula is C15H15ClN4O2. The number of benzene rings is 1. The molecule has 2 aromatic rings. The quantitative estimate of drug-likeness (QED) is 0.934. The van der Waals surface area contributed by atoms with Crippen molar-refractivity contribution in [3.8, 4) is 5.75 Å². The first kappa shape index (κ1) is 14.6. The van der Waals surface area contributed by atoms with E-state index in [1.54, 1.807) is 29.3 Å². The highest BCUT2D eigenvalue weighted by Gasteiger charge is 2.32. The minimum Gasteiger partial charge on any atom is -0.496 e. The summed E-state index contributed by atoms with van der Waals surface area (Å²) >= 11 is 5.97. The minimum atomic E-state index is -0.0865. The molecule has 0 atom stereocenters. The molecule has 1 N–H and O–H groups in total. The summed E-state index contributed by atoms with van der Waals surface area (Å²) < 4.78 is 5.22. The fraction of sp³-hybridized carbons (Fsp3) is 0.267. The lowest BCUT2D eigenvalue weighted by molar-refractivity contribution is 0.0621. The summed E-state index contributed by atoms with van der Waals surface area (Å²) in [6.07, 6.45) is 1.62. The number of hydrogen-bond donors (Lipinski definition) is 1. The molecule has 0 spiro atoms. The van der Waals surface area contributed by atoms with Gasteiger partial charge in [0.2, 0.25) is 0 Å². The Morgan fingerprint density at radius 2 is 2.23 bits per heavy atom. The molecule has 0 saturated carbocycles. The van der Waals surface area contributed by atoms with E-state index in [-0.39, 0.29) is 11.9 Å². The Morgan fingerprint density at radius 1 is 1.41 bits per heavy atom. The number of anilines is 1. The summed E-state index contributed by atoms with van der Waals surface area (Å²) in [7, 11) is 1.54. The van der Waals surface area contributed by atoms with Crippen LogP contribution in [-0.4, -0.2) is 47.2 Å². The van der Waals surface area contributed by atoms with Crippen LogP contribution in [0.3, 0.4) is 0 Å². The molecule has 114 valence electrons. The van der Waals surface area contributed by atoms with Crippen molar-refractivity contribution in [3.05, 3.63) is 47.1 Å². The Hall–Kier alpha value is -2.34. The first-order chi connectivity index (χ1) is 10.7. The molecule has 0 radical (unpaired) electrons. The molecule has 1 aliphatic heterocycles. The van der Waals surface area contributed by atoms with E-state index in [1.165, 1.54) is 7.11 Å². The third kappa shape index (κ3) is 2.96. The maximum absolute atomic E-state index is 12.5. The molecule has 0 aliphatic carbocycles. The van der Waals surface area contributed by atoms with Crippen LogP contribution in [-0.2, 0) is 0 Å². The largest absolute Gasteiger partial charge is 0.496 e. The highest BCUT2D eigenvalue weighted by molar-refractivity contribution is 6.31. The van der Waals surface area contributed by atoms with Gasteiger partial charge >= 0.3 is 0 Å². The number of ether oxygens (including phenoxy) is 1. The molecular weight excluding hydrogens is 304 g/mol. The molecule has 0 bridgehead atoms. The molecule has 1 aromatic carbocycles. The molecule has 0 unspecified atom stereocenters. The fourth-order valence-corrected chi connectivity index (χ4v) is 2.51. The Morgan fingerprint density at radius 3 is 2.91 bits per heavy atom. The summed E-state index contributed by atoms with van der Waals surface area (Å²) in [4.78, 5) is 14.2. The number of methoxy groups -OCH3 is 1. The lowest BCUT2D eigenvalue weighted by Crippen LogP contribution is -2.57. The van der Waals surface area contributed by atoms with Crippen molar-refractivity contribution in [3.63, 3.8) is 0 Å². The van der Waals surface area contributed by atoms with Gasteiger partial charge in [-0.2, -0.15) is 5.10 Å². The number of aromatic nitrogens is 2. The van der Waals surface area contributed by atoms with Crippen LogP contribution in [0.4, 0.5) is 5.82 Å². The Balaban J connectivity index is 1.63. The van der Waals surface area contributed by atoms with Crippen LogP contribution in [0.1, 0.15) is 10.4 Å². The standard InChI is InChI=1S/C15H15ClN4O2/c1-22-13-5-4-10(16)7-12(13)15(21)20-8-11(9-20)18-14-3-2-6-17-19-14/h2-7,11H,8-9H2,1H3,(H,18,19). The third-order valence-electron chi connectivity index (χ3n) is 3.48. The van der Waals surface area contributed by atoms with Gasteiger partial charge in [0.25, 0.3) is 5.91 Å². The van der Waals surface area contributed by atoms with Crippen molar-refractivity contribution in [1.82, 2.24) is 15.1 Å². The number of carbonyl (C=O) groups excluding carboxylic acids is 1. The van der Waals surface area contributed by atoms with E-state index >= 15 is 0 Å². The Bertz CT molecular complexity index is 674. The van der Waals surface area contributed by atoms with Gasteiger partial charge in [0.05, 0.1) is 18.7 Å². The average molecular weight is 319 g/mol. The first-order valence-corrected chi connectivity index (χ1v) is 7.22. The second-order valence-corrected chi connectivity index (χ2v) is 5.44. The predicted octanol–water partition coefficient (Wildman–Crippen LogP) is 2.08. The van der Waals surface area contributed by atoms with Crippen LogP contribution < -0.4 is 10.1 Å². The SMILES string of the molecule is COc1ccc(Cl)cc1C(=O)N1CC(Nc2cccnn2)C1. The highest BCUT2D eigenvalue weighted by Crippen LogP contribution is 2.26. The molecule has 1 aliphatic rings. The van der Waals surface area contributed by atoms with Gasteiger partial charge in [-0.1, -0.05) is 11.6 Å². The smallest absolute Gasteiger partial charge is 0.257 e. The molecule has 2 heterocycles. The number of nitrogens with one attached hydrogen (secondary N) is 1. The van der Waals surface area contributed by atoms with Crippen molar-refractivity contribution in [2.24, 2.45) is 0 Å². The Kier molecular flexibility index (Phi) is 4.11. The van der Waals surface area contributed by atoms with E-state index < -0.39 is 0 Å².